The molecule has 0 unspecified atom stereocenters. The average molecular weight is 295 g/mol. The summed E-state index contributed by atoms with van der Waals surface area (Å²) in [7, 11) is 2.02. The van der Waals surface area contributed by atoms with E-state index >= 15 is 0 Å². The van der Waals surface area contributed by atoms with Crippen LogP contribution in [0.3, 0.4) is 0 Å². The van der Waals surface area contributed by atoms with Crippen LogP contribution < -0.4 is 5.32 Å². The molecule has 0 radical (unpaired) electrons. The smallest absolute Gasteiger partial charge is 0.242 e. The van der Waals surface area contributed by atoms with Gasteiger partial charge in [-0.1, -0.05) is 13.3 Å². The lowest BCUT2D eigenvalue weighted by Gasteiger charge is -2.44. The van der Waals surface area contributed by atoms with E-state index in [9.17, 15) is 4.79 Å². The first kappa shape index (κ1) is 16.8. The van der Waals surface area contributed by atoms with Crippen LogP contribution in [0.15, 0.2) is 0 Å². The molecular formula is C17H33N3O. The first-order chi connectivity index (χ1) is 9.96. The second kappa shape index (κ2) is 7.10. The van der Waals surface area contributed by atoms with E-state index in [0.29, 0.717) is 11.9 Å². The molecule has 0 aromatic rings. The molecule has 21 heavy (non-hydrogen) atoms. The minimum absolute atomic E-state index is 0.296. The zero-order valence-corrected chi connectivity index (χ0v) is 14.3. The van der Waals surface area contributed by atoms with E-state index in [2.05, 4.69) is 31.0 Å². The van der Waals surface area contributed by atoms with Gasteiger partial charge in [-0.2, -0.15) is 0 Å². The number of hydrogen-bond donors (Lipinski definition) is 1. The van der Waals surface area contributed by atoms with Crippen LogP contribution in [0.4, 0.5) is 0 Å². The molecule has 1 aliphatic carbocycles. The summed E-state index contributed by atoms with van der Waals surface area (Å²) in [6.07, 6.45) is 6.22. The first-order valence-corrected chi connectivity index (χ1v) is 8.69. The van der Waals surface area contributed by atoms with Crippen molar-refractivity contribution in [2.24, 2.45) is 5.92 Å². The molecule has 4 nitrogen and oxygen atoms in total. The zero-order chi connectivity index (χ0) is 15.5. The van der Waals surface area contributed by atoms with Crippen molar-refractivity contribution in [1.82, 2.24) is 15.1 Å². The van der Waals surface area contributed by atoms with E-state index in [-0.39, 0.29) is 5.54 Å². The van der Waals surface area contributed by atoms with Crippen molar-refractivity contribution in [1.29, 1.82) is 0 Å². The molecule has 1 aliphatic heterocycles. The van der Waals surface area contributed by atoms with E-state index in [0.717, 1.165) is 32.1 Å². The fraction of sp³-hybridized carbons (Fsp3) is 0.941. The minimum atomic E-state index is -0.377. The summed E-state index contributed by atoms with van der Waals surface area (Å²) in [5.41, 5.74) is -0.377. The quantitative estimate of drug-likeness (QED) is 0.863. The summed E-state index contributed by atoms with van der Waals surface area (Å²) < 4.78 is 0. The van der Waals surface area contributed by atoms with Crippen LogP contribution >= 0.6 is 0 Å². The third-order valence-electron chi connectivity index (χ3n) is 5.69. The summed E-state index contributed by atoms with van der Waals surface area (Å²) in [5.74, 6) is 1.18. The van der Waals surface area contributed by atoms with Crippen LogP contribution in [-0.2, 0) is 4.79 Å². The van der Waals surface area contributed by atoms with Gasteiger partial charge in [0, 0.05) is 39.3 Å². The molecule has 1 N–H and O–H groups in total. The van der Waals surface area contributed by atoms with Gasteiger partial charge in [-0.15, -0.1) is 0 Å². The second-order valence-electron chi connectivity index (χ2n) is 7.29. The highest BCUT2D eigenvalue weighted by atomic mass is 16.2. The highest BCUT2D eigenvalue weighted by Gasteiger charge is 2.39. The summed E-state index contributed by atoms with van der Waals surface area (Å²) in [5, 5.41) is 3.36. The van der Waals surface area contributed by atoms with Crippen molar-refractivity contribution < 1.29 is 4.79 Å². The Morgan fingerprint density at radius 1 is 1.19 bits per heavy atom. The normalized spacial score (nSPS) is 28.4. The molecule has 1 saturated heterocycles. The van der Waals surface area contributed by atoms with Gasteiger partial charge in [0.2, 0.25) is 5.91 Å². The van der Waals surface area contributed by atoms with Gasteiger partial charge in [0.15, 0.2) is 0 Å². The van der Waals surface area contributed by atoms with Gasteiger partial charge in [0.25, 0.3) is 0 Å². The Balaban J connectivity index is 1.94. The second-order valence-corrected chi connectivity index (χ2v) is 7.29. The topological polar surface area (TPSA) is 35.6 Å². The number of nitrogens with zero attached hydrogens (tertiary/aromatic N) is 2. The Labute approximate surface area is 130 Å². The van der Waals surface area contributed by atoms with E-state index in [1.54, 1.807) is 0 Å². The maximum absolute atomic E-state index is 13.0. The molecule has 0 atom stereocenters. The Morgan fingerprint density at radius 2 is 1.76 bits per heavy atom. The van der Waals surface area contributed by atoms with E-state index < -0.39 is 0 Å². The van der Waals surface area contributed by atoms with Gasteiger partial charge >= 0.3 is 0 Å². The van der Waals surface area contributed by atoms with Crippen molar-refractivity contribution in [3.8, 4) is 0 Å². The van der Waals surface area contributed by atoms with Crippen LogP contribution in [0, 0.1) is 5.92 Å². The molecule has 0 bridgehead atoms. The van der Waals surface area contributed by atoms with Crippen molar-refractivity contribution in [2.75, 3.05) is 33.2 Å². The maximum atomic E-state index is 13.0. The molecule has 122 valence electrons. The molecule has 1 amide bonds. The summed E-state index contributed by atoms with van der Waals surface area (Å²) in [6, 6.07) is 0.447. The zero-order valence-electron chi connectivity index (χ0n) is 14.3. The largest absolute Gasteiger partial charge is 0.341 e. The molecule has 2 aliphatic rings. The van der Waals surface area contributed by atoms with Gasteiger partial charge in [0.05, 0.1) is 5.54 Å². The number of rotatable bonds is 4. The van der Waals surface area contributed by atoms with E-state index in [1.807, 2.05) is 11.9 Å². The lowest BCUT2D eigenvalue weighted by atomic mass is 9.83. The maximum Gasteiger partial charge on any atom is 0.242 e. The molecule has 0 spiro atoms. The highest BCUT2D eigenvalue weighted by molar-refractivity contribution is 5.85. The monoisotopic (exact) mass is 295 g/mol. The highest BCUT2D eigenvalue weighted by Crippen LogP contribution is 2.30. The number of hydrogen-bond acceptors (Lipinski definition) is 3. The van der Waals surface area contributed by atoms with Crippen LogP contribution in [0.25, 0.3) is 0 Å². The van der Waals surface area contributed by atoms with E-state index in [1.165, 1.54) is 32.1 Å². The van der Waals surface area contributed by atoms with Crippen LogP contribution in [0.5, 0.6) is 0 Å². The van der Waals surface area contributed by atoms with Gasteiger partial charge in [-0.3, -0.25) is 9.69 Å². The van der Waals surface area contributed by atoms with E-state index in [4.69, 9.17) is 0 Å². The van der Waals surface area contributed by atoms with Crippen molar-refractivity contribution in [2.45, 2.75) is 64.5 Å². The number of piperazine rings is 1. The van der Waals surface area contributed by atoms with Gasteiger partial charge in [-0.25, -0.2) is 0 Å². The molecule has 1 saturated carbocycles. The van der Waals surface area contributed by atoms with Crippen LogP contribution in [0.1, 0.15) is 52.9 Å². The Kier molecular flexibility index (Phi) is 5.67. The van der Waals surface area contributed by atoms with Crippen molar-refractivity contribution >= 4 is 5.91 Å². The molecule has 2 rings (SSSR count). The van der Waals surface area contributed by atoms with Gasteiger partial charge in [-0.05, 0) is 45.4 Å². The number of nitrogens with one attached hydrogen (secondary N) is 1. The third-order valence-corrected chi connectivity index (χ3v) is 5.69. The molecular weight excluding hydrogens is 262 g/mol. The van der Waals surface area contributed by atoms with Crippen LogP contribution in [-0.4, -0.2) is 60.5 Å². The predicted molar refractivity (Wildman–Crippen MR) is 87.3 cm³/mol. The Bertz CT molecular complexity index is 342. The number of likely N-dealkylation sites (N-methyl/N-ethyl adjacent to an activating group) is 1. The lowest BCUT2D eigenvalue weighted by Crippen LogP contribution is -2.61. The molecule has 0 aromatic heterocycles. The van der Waals surface area contributed by atoms with Gasteiger partial charge < -0.3 is 10.2 Å². The number of carbonyl (C=O) groups excluding carboxylic acids is 1. The average Bonchev–Trinajstić information content (AvgIpc) is 2.54. The number of carbonyl (C=O) groups is 1. The summed E-state index contributed by atoms with van der Waals surface area (Å²) in [6.45, 7) is 10.4. The fourth-order valence-electron chi connectivity index (χ4n) is 3.90. The van der Waals surface area contributed by atoms with Gasteiger partial charge in [0.1, 0.15) is 0 Å². The Hall–Kier alpha value is -0.610. The standard InChI is InChI=1S/C17H33N3O/c1-5-14-6-8-15(9-7-14)19(4)16(21)17(2,3)20-12-10-18-11-13-20/h14-15,18H,5-13H2,1-4H3. The molecule has 0 aromatic carbocycles. The van der Waals surface area contributed by atoms with Crippen molar-refractivity contribution in [3.63, 3.8) is 0 Å². The molecule has 4 heteroatoms. The molecule has 2 fully saturated rings. The third kappa shape index (κ3) is 3.78. The Morgan fingerprint density at radius 3 is 2.29 bits per heavy atom. The summed E-state index contributed by atoms with van der Waals surface area (Å²) >= 11 is 0. The van der Waals surface area contributed by atoms with Crippen molar-refractivity contribution in [3.05, 3.63) is 0 Å². The lowest BCUT2D eigenvalue weighted by molar-refractivity contribution is -0.144. The molecule has 1 heterocycles. The number of amides is 1. The fourth-order valence-corrected chi connectivity index (χ4v) is 3.90. The van der Waals surface area contributed by atoms with Crippen LogP contribution in [0.2, 0.25) is 0 Å². The first-order valence-electron chi connectivity index (χ1n) is 8.69. The summed E-state index contributed by atoms with van der Waals surface area (Å²) in [4.78, 5) is 17.4. The predicted octanol–water partition coefficient (Wildman–Crippen LogP) is 2.10. The minimum Gasteiger partial charge on any atom is -0.341 e. The SMILES string of the molecule is CCC1CCC(N(C)C(=O)C(C)(C)N2CCNCC2)CC1.